The van der Waals surface area contributed by atoms with Crippen LogP contribution in [0.15, 0.2) is 35.5 Å². The van der Waals surface area contributed by atoms with Crippen molar-refractivity contribution in [2.45, 2.75) is 82.1 Å². The van der Waals surface area contributed by atoms with Gasteiger partial charge in [0.15, 0.2) is 0 Å². The SMILES string of the molecule is CC1=C(C(=O)O)C(CCOC2CCCC2)(c2ccccc2[N+](=O)[O-])c2c(C3CCCC3)nn(C)c2N1. The number of carboxylic acids is 1. The molecule has 9 nitrogen and oxygen atoms in total. The van der Waals surface area contributed by atoms with E-state index in [0.29, 0.717) is 23.7 Å². The molecule has 1 atom stereocenters. The van der Waals surface area contributed by atoms with Gasteiger partial charge >= 0.3 is 5.97 Å². The lowest BCUT2D eigenvalue weighted by molar-refractivity contribution is -0.385. The van der Waals surface area contributed by atoms with Crippen LogP contribution >= 0.6 is 0 Å². The monoisotopic (exact) mass is 494 g/mol. The summed E-state index contributed by atoms with van der Waals surface area (Å²) in [5, 5.41) is 31.1. The number of carboxylic acid groups (broad SMARTS) is 1. The lowest BCUT2D eigenvalue weighted by Crippen LogP contribution is -2.41. The van der Waals surface area contributed by atoms with Gasteiger partial charge in [-0.2, -0.15) is 5.10 Å². The van der Waals surface area contributed by atoms with Crippen LogP contribution in [0.25, 0.3) is 0 Å². The number of aryl methyl sites for hydroxylation is 1. The topological polar surface area (TPSA) is 120 Å². The first-order valence-corrected chi connectivity index (χ1v) is 13.0. The third-order valence-electron chi connectivity index (χ3n) is 8.26. The van der Waals surface area contributed by atoms with Crippen LogP contribution in [0, 0.1) is 10.1 Å². The Morgan fingerprint density at radius 3 is 2.56 bits per heavy atom. The number of ether oxygens (including phenoxy) is 1. The van der Waals surface area contributed by atoms with Crippen LogP contribution in [0.2, 0.25) is 0 Å². The summed E-state index contributed by atoms with van der Waals surface area (Å²) >= 11 is 0. The van der Waals surface area contributed by atoms with Crippen LogP contribution < -0.4 is 5.32 Å². The fourth-order valence-electron chi connectivity index (χ4n) is 6.70. The van der Waals surface area contributed by atoms with Crippen LogP contribution in [0.4, 0.5) is 11.5 Å². The zero-order chi connectivity index (χ0) is 25.4. The van der Waals surface area contributed by atoms with Crippen molar-refractivity contribution in [1.82, 2.24) is 9.78 Å². The largest absolute Gasteiger partial charge is 0.478 e. The summed E-state index contributed by atoms with van der Waals surface area (Å²) in [4.78, 5) is 24.8. The van der Waals surface area contributed by atoms with Gasteiger partial charge in [-0.15, -0.1) is 0 Å². The third kappa shape index (κ3) is 3.99. The molecule has 2 N–H and O–H groups in total. The van der Waals surface area contributed by atoms with Crippen LogP contribution in [0.5, 0.6) is 0 Å². The van der Waals surface area contributed by atoms with E-state index in [1.807, 2.05) is 7.05 Å². The molecule has 1 aliphatic heterocycles. The van der Waals surface area contributed by atoms with Crippen LogP contribution in [0.1, 0.15) is 87.4 Å². The minimum atomic E-state index is -1.27. The van der Waals surface area contributed by atoms with Crippen LogP contribution in [-0.4, -0.2) is 38.5 Å². The van der Waals surface area contributed by atoms with E-state index in [1.54, 1.807) is 29.8 Å². The Morgan fingerprint density at radius 1 is 1.22 bits per heavy atom. The van der Waals surface area contributed by atoms with E-state index >= 15 is 0 Å². The molecule has 2 aromatic rings. The maximum Gasteiger partial charge on any atom is 0.334 e. The number of benzene rings is 1. The van der Waals surface area contributed by atoms with Gasteiger partial charge in [0.2, 0.25) is 0 Å². The van der Waals surface area contributed by atoms with Gasteiger partial charge in [0, 0.05) is 42.5 Å². The molecule has 2 fully saturated rings. The highest BCUT2D eigenvalue weighted by molar-refractivity contribution is 5.95. The van der Waals surface area contributed by atoms with E-state index in [1.165, 1.54) is 6.07 Å². The lowest BCUT2D eigenvalue weighted by Gasteiger charge is -2.40. The highest BCUT2D eigenvalue weighted by atomic mass is 16.6. The number of aromatic nitrogens is 2. The van der Waals surface area contributed by atoms with Crippen molar-refractivity contribution in [3.63, 3.8) is 0 Å². The smallest absolute Gasteiger partial charge is 0.334 e. The number of nitro groups is 1. The summed E-state index contributed by atoms with van der Waals surface area (Å²) in [6, 6.07) is 6.57. The molecule has 0 spiro atoms. The summed E-state index contributed by atoms with van der Waals surface area (Å²) in [5.41, 5.74) is 1.23. The first kappa shape index (κ1) is 24.5. The molecule has 192 valence electrons. The Labute approximate surface area is 210 Å². The second-order valence-electron chi connectivity index (χ2n) is 10.4. The van der Waals surface area contributed by atoms with Crippen molar-refractivity contribution in [1.29, 1.82) is 0 Å². The van der Waals surface area contributed by atoms with Crippen molar-refractivity contribution >= 4 is 17.5 Å². The molecule has 36 heavy (non-hydrogen) atoms. The van der Waals surface area contributed by atoms with Crippen molar-refractivity contribution in [3.8, 4) is 0 Å². The number of anilines is 1. The summed E-state index contributed by atoms with van der Waals surface area (Å²) in [6.45, 7) is 2.04. The summed E-state index contributed by atoms with van der Waals surface area (Å²) in [6.07, 6.45) is 8.80. The quantitative estimate of drug-likeness (QED) is 0.372. The van der Waals surface area contributed by atoms with E-state index < -0.39 is 16.3 Å². The first-order chi connectivity index (χ1) is 17.3. The minimum Gasteiger partial charge on any atom is -0.478 e. The summed E-state index contributed by atoms with van der Waals surface area (Å²) in [7, 11) is 1.85. The highest BCUT2D eigenvalue weighted by Crippen LogP contribution is 2.55. The molecule has 0 amide bonds. The van der Waals surface area contributed by atoms with Gasteiger partial charge in [-0.1, -0.05) is 43.9 Å². The van der Waals surface area contributed by atoms with Crippen molar-refractivity contribution < 1.29 is 19.6 Å². The van der Waals surface area contributed by atoms with E-state index in [-0.39, 0.29) is 29.7 Å². The summed E-state index contributed by atoms with van der Waals surface area (Å²) < 4.78 is 8.04. The highest BCUT2D eigenvalue weighted by Gasteiger charge is 2.53. The Kier molecular flexibility index (Phi) is 6.59. The number of aliphatic carboxylic acids is 1. The molecule has 3 aliphatic rings. The maximum atomic E-state index is 13.0. The molecule has 0 bridgehead atoms. The average molecular weight is 495 g/mol. The van der Waals surface area contributed by atoms with Crippen LogP contribution in [-0.2, 0) is 22.0 Å². The molecule has 9 heteroatoms. The standard InChI is InChI=1S/C27H34N4O5/c1-17-22(26(32)33)27(15-16-36-19-11-5-6-12-19,20-13-7-8-14-21(20)31(34)35)23-24(18-9-3-4-10-18)29-30(2)25(23)28-17/h7-8,13-14,18-19,28H,3-6,9-12,15-16H2,1-2H3,(H,32,33). The van der Waals surface area contributed by atoms with Gasteiger partial charge in [0.1, 0.15) is 5.82 Å². The number of nitrogens with one attached hydrogen (secondary N) is 1. The predicted octanol–water partition coefficient (Wildman–Crippen LogP) is 5.41. The number of rotatable bonds is 8. The number of carbonyl (C=O) groups is 1. The lowest BCUT2D eigenvalue weighted by atomic mass is 9.63. The number of hydrogen-bond acceptors (Lipinski definition) is 6. The summed E-state index contributed by atoms with van der Waals surface area (Å²) in [5.74, 6) is -0.197. The van der Waals surface area contributed by atoms with Gasteiger partial charge < -0.3 is 15.2 Å². The number of para-hydroxylation sites is 1. The molecule has 2 heterocycles. The number of nitro benzene ring substituents is 1. The molecule has 1 unspecified atom stereocenters. The van der Waals surface area contributed by atoms with Gasteiger partial charge in [0.25, 0.3) is 5.69 Å². The van der Waals surface area contributed by atoms with Gasteiger partial charge in [-0.25, -0.2) is 4.79 Å². The van der Waals surface area contributed by atoms with Gasteiger partial charge in [-0.05, 0) is 39.0 Å². The molecule has 0 saturated heterocycles. The Balaban J connectivity index is 1.77. The number of hydrogen-bond donors (Lipinski definition) is 2. The normalized spacial score (nSPS) is 22.6. The predicted molar refractivity (Wildman–Crippen MR) is 135 cm³/mol. The fraction of sp³-hybridized carbons (Fsp3) is 0.556. The Hall–Kier alpha value is -3.20. The fourth-order valence-corrected chi connectivity index (χ4v) is 6.70. The van der Waals surface area contributed by atoms with Crippen molar-refractivity contribution in [2.24, 2.45) is 7.05 Å². The molecule has 2 aliphatic carbocycles. The minimum absolute atomic E-state index is 0.0843. The number of nitrogens with zero attached hydrogens (tertiary/aromatic N) is 3. The van der Waals surface area contributed by atoms with E-state index in [0.717, 1.165) is 62.6 Å². The average Bonchev–Trinajstić information content (AvgIpc) is 3.61. The van der Waals surface area contributed by atoms with Crippen LogP contribution in [0.3, 0.4) is 0 Å². The molecular formula is C27H34N4O5. The second-order valence-corrected chi connectivity index (χ2v) is 10.4. The third-order valence-corrected chi connectivity index (χ3v) is 8.26. The maximum absolute atomic E-state index is 13.0. The molecule has 1 aromatic heterocycles. The van der Waals surface area contributed by atoms with E-state index in [2.05, 4.69) is 5.32 Å². The second kappa shape index (κ2) is 9.69. The Bertz CT molecular complexity index is 1210. The zero-order valence-corrected chi connectivity index (χ0v) is 21.0. The zero-order valence-electron chi connectivity index (χ0n) is 21.0. The van der Waals surface area contributed by atoms with Crippen molar-refractivity contribution in [3.05, 3.63) is 62.5 Å². The van der Waals surface area contributed by atoms with E-state index in [9.17, 15) is 20.0 Å². The van der Waals surface area contributed by atoms with Gasteiger partial charge in [-0.3, -0.25) is 14.8 Å². The molecule has 1 aromatic carbocycles. The first-order valence-electron chi connectivity index (χ1n) is 13.0. The van der Waals surface area contributed by atoms with Gasteiger partial charge in [0.05, 0.1) is 27.7 Å². The number of allylic oxidation sites excluding steroid dienone is 1. The van der Waals surface area contributed by atoms with Crippen molar-refractivity contribution in [2.75, 3.05) is 11.9 Å². The molecular weight excluding hydrogens is 460 g/mol. The molecule has 2 saturated carbocycles. The van der Waals surface area contributed by atoms with E-state index in [4.69, 9.17) is 9.84 Å². The Morgan fingerprint density at radius 2 is 1.89 bits per heavy atom. The number of fused-ring (bicyclic) bond motifs is 1. The molecule has 5 rings (SSSR count). The molecule has 0 radical (unpaired) electrons.